The van der Waals surface area contributed by atoms with Gasteiger partial charge in [0.15, 0.2) is 0 Å². The van der Waals surface area contributed by atoms with Crippen LogP contribution < -0.4 is 5.32 Å². The molecular formula is C17H27N3. The molecule has 1 aliphatic carbocycles. The lowest BCUT2D eigenvalue weighted by molar-refractivity contribution is 0.111. The van der Waals surface area contributed by atoms with Gasteiger partial charge in [0.1, 0.15) is 0 Å². The highest BCUT2D eigenvalue weighted by molar-refractivity contribution is 5.30. The lowest BCUT2D eigenvalue weighted by Gasteiger charge is -2.39. The molecule has 110 valence electrons. The number of nitrogens with zero attached hydrogens (tertiary/aromatic N) is 2. The highest BCUT2D eigenvalue weighted by atomic mass is 15.3. The molecule has 0 radical (unpaired) electrons. The zero-order valence-corrected chi connectivity index (χ0v) is 12.8. The molecule has 0 saturated carbocycles. The number of nitrogens with one attached hydrogen (secondary N) is 1. The van der Waals surface area contributed by atoms with Crippen LogP contribution >= 0.6 is 0 Å². The van der Waals surface area contributed by atoms with Gasteiger partial charge in [0.25, 0.3) is 0 Å². The van der Waals surface area contributed by atoms with Crippen molar-refractivity contribution in [2.45, 2.75) is 31.3 Å². The summed E-state index contributed by atoms with van der Waals surface area (Å²) < 4.78 is 0. The summed E-state index contributed by atoms with van der Waals surface area (Å²) in [4.78, 5) is 4.95. The van der Waals surface area contributed by atoms with Crippen LogP contribution in [-0.4, -0.2) is 62.2 Å². The molecule has 3 heteroatoms. The SMILES string of the molecule is CN1CCN(C)C(CNC2CCc3ccccc3C2)C1. The normalized spacial score (nSPS) is 28.3. The standard InChI is InChI=1S/C17H27N3/c1-19-9-10-20(2)17(13-19)12-18-16-8-7-14-5-3-4-6-15(14)11-16/h3-6,16-18H,7-13H2,1-2H3. The van der Waals surface area contributed by atoms with Crippen molar-refractivity contribution in [2.75, 3.05) is 40.3 Å². The van der Waals surface area contributed by atoms with Gasteiger partial charge >= 0.3 is 0 Å². The first-order valence-electron chi connectivity index (χ1n) is 7.91. The van der Waals surface area contributed by atoms with E-state index in [1.807, 2.05) is 0 Å². The van der Waals surface area contributed by atoms with Gasteiger partial charge in [0.2, 0.25) is 0 Å². The molecule has 0 amide bonds. The van der Waals surface area contributed by atoms with Gasteiger partial charge in [0.05, 0.1) is 0 Å². The maximum Gasteiger partial charge on any atom is 0.0345 e. The number of hydrogen-bond donors (Lipinski definition) is 1. The smallest absolute Gasteiger partial charge is 0.0345 e. The fourth-order valence-corrected chi connectivity index (χ4v) is 3.50. The third-order valence-electron chi connectivity index (χ3n) is 4.97. The summed E-state index contributed by atoms with van der Waals surface area (Å²) in [6.07, 6.45) is 3.71. The Hall–Kier alpha value is -0.900. The molecule has 0 aromatic heterocycles. The van der Waals surface area contributed by atoms with Crippen LogP contribution in [0.15, 0.2) is 24.3 Å². The zero-order chi connectivity index (χ0) is 13.9. The van der Waals surface area contributed by atoms with Crippen LogP contribution in [0.25, 0.3) is 0 Å². The summed E-state index contributed by atoms with van der Waals surface area (Å²) in [5, 5.41) is 3.81. The van der Waals surface area contributed by atoms with Crippen LogP contribution in [0, 0.1) is 0 Å². The predicted molar refractivity (Wildman–Crippen MR) is 84.2 cm³/mol. The Balaban J connectivity index is 1.52. The average Bonchev–Trinajstić information content (AvgIpc) is 2.48. The number of rotatable bonds is 3. The molecule has 3 rings (SSSR count). The van der Waals surface area contributed by atoms with Crippen molar-refractivity contribution in [3.05, 3.63) is 35.4 Å². The lowest BCUT2D eigenvalue weighted by atomic mass is 9.88. The number of piperazine rings is 1. The van der Waals surface area contributed by atoms with Crippen molar-refractivity contribution >= 4 is 0 Å². The summed E-state index contributed by atoms with van der Waals surface area (Å²) >= 11 is 0. The molecule has 3 nitrogen and oxygen atoms in total. The van der Waals surface area contributed by atoms with E-state index in [0.29, 0.717) is 12.1 Å². The second-order valence-electron chi connectivity index (χ2n) is 6.51. The van der Waals surface area contributed by atoms with Crippen LogP contribution in [-0.2, 0) is 12.8 Å². The molecule has 1 saturated heterocycles. The van der Waals surface area contributed by atoms with Crippen molar-refractivity contribution < 1.29 is 0 Å². The topological polar surface area (TPSA) is 18.5 Å². The van der Waals surface area contributed by atoms with E-state index in [1.165, 1.54) is 38.9 Å². The molecule has 1 aromatic rings. The van der Waals surface area contributed by atoms with Crippen LogP contribution in [0.4, 0.5) is 0 Å². The molecule has 2 aliphatic rings. The van der Waals surface area contributed by atoms with Crippen molar-refractivity contribution in [3.8, 4) is 0 Å². The van der Waals surface area contributed by atoms with E-state index in [1.54, 1.807) is 11.1 Å². The minimum atomic E-state index is 0.658. The maximum absolute atomic E-state index is 3.81. The van der Waals surface area contributed by atoms with Gasteiger partial charge < -0.3 is 10.2 Å². The van der Waals surface area contributed by atoms with Crippen molar-refractivity contribution in [1.29, 1.82) is 0 Å². The molecule has 0 bridgehead atoms. The summed E-state index contributed by atoms with van der Waals surface area (Å²) in [6, 6.07) is 10.2. The molecule has 1 fully saturated rings. The molecule has 1 aromatic carbocycles. The molecule has 20 heavy (non-hydrogen) atoms. The maximum atomic E-state index is 3.81. The monoisotopic (exact) mass is 273 g/mol. The molecular weight excluding hydrogens is 246 g/mol. The lowest BCUT2D eigenvalue weighted by Crippen LogP contribution is -2.55. The summed E-state index contributed by atoms with van der Waals surface area (Å²) in [7, 11) is 4.49. The minimum absolute atomic E-state index is 0.658. The number of fused-ring (bicyclic) bond motifs is 1. The Morgan fingerprint density at radius 3 is 2.80 bits per heavy atom. The highest BCUT2D eigenvalue weighted by Gasteiger charge is 2.24. The van der Waals surface area contributed by atoms with Gasteiger partial charge in [-0.3, -0.25) is 4.90 Å². The molecule has 0 spiro atoms. The molecule has 1 N–H and O–H groups in total. The first-order chi connectivity index (χ1) is 9.72. The number of aryl methyl sites for hydroxylation is 1. The minimum Gasteiger partial charge on any atom is -0.312 e. The predicted octanol–water partition coefficient (Wildman–Crippen LogP) is 1.38. The quantitative estimate of drug-likeness (QED) is 0.897. The van der Waals surface area contributed by atoms with E-state index in [4.69, 9.17) is 0 Å². The molecule has 1 aliphatic heterocycles. The van der Waals surface area contributed by atoms with E-state index in [2.05, 4.69) is 53.5 Å². The summed E-state index contributed by atoms with van der Waals surface area (Å²) in [5.74, 6) is 0. The third kappa shape index (κ3) is 3.22. The number of hydrogen-bond acceptors (Lipinski definition) is 3. The van der Waals surface area contributed by atoms with E-state index < -0.39 is 0 Å². The Morgan fingerprint density at radius 2 is 1.95 bits per heavy atom. The third-order valence-corrected chi connectivity index (χ3v) is 4.97. The van der Waals surface area contributed by atoms with Gasteiger partial charge in [-0.25, -0.2) is 0 Å². The molecule has 2 unspecified atom stereocenters. The van der Waals surface area contributed by atoms with Gasteiger partial charge in [-0.05, 0) is 44.5 Å². The largest absolute Gasteiger partial charge is 0.312 e. The zero-order valence-electron chi connectivity index (χ0n) is 12.8. The summed E-state index contributed by atoms with van der Waals surface area (Å²) in [6.45, 7) is 4.70. The van der Waals surface area contributed by atoms with Gasteiger partial charge in [-0.2, -0.15) is 0 Å². The van der Waals surface area contributed by atoms with Gasteiger partial charge in [0, 0.05) is 38.3 Å². The van der Waals surface area contributed by atoms with Crippen molar-refractivity contribution in [1.82, 2.24) is 15.1 Å². The fraction of sp³-hybridized carbons (Fsp3) is 0.647. The highest BCUT2D eigenvalue weighted by Crippen LogP contribution is 2.21. The second-order valence-corrected chi connectivity index (χ2v) is 6.51. The van der Waals surface area contributed by atoms with E-state index in [-0.39, 0.29) is 0 Å². The van der Waals surface area contributed by atoms with Gasteiger partial charge in [-0.15, -0.1) is 0 Å². The first kappa shape index (κ1) is 14.1. The fourth-order valence-electron chi connectivity index (χ4n) is 3.50. The van der Waals surface area contributed by atoms with Crippen molar-refractivity contribution in [2.24, 2.45) is 0 Å². The van der Waals surface area contributed by atoms with Crippen LogP contribution in [0.5, 0.6) is 0 Å². The molecule has 2 atom stereocenters. The van der Waals surface area contributed by atoms with Crippen molar-refractivity contribution in [3.63, 3.8) is 0 Å². The van der Waals surface area contributed by atoms with E-state index in [0.717, 1.165) is 6.54 Å². The average molecular weight is 273 g/mol. The van der Waals surface area contributed by atoms with Gasteiger partial charge in [-0.1, -0.05) is 24.3 Å². The Bertz CT molecular complexity index is 446. The van der Waals surface area contributed by atoms with Crippen LogP contribution in [0.1, 0.15) is 17.5 Å². The Morgan fingerprint density at radius 1 is 1.15 bits per heavy atom. The van der Waals surface area contributed by atoms with E-state index in [9.17, 15) is 0 Å². The van der Waals surface area contributed by atoms with Crippen LogP contribution in [0.3, 0.4) is 0 Å². The molecule has 1 heterocycles. The number of benzene rings is 1. The Kier molecular flexibility index (Phi) is 4.39. The van der Waals surface area contributed by atoms with E-state index >= 15 is 0 Å². The van der Waals surface area contributed by atoms with Crippen LogP contribution in [0.2, 0.25) is 0 Å². The Labute approximate surface area is 123 Å². The second kappa shape index (κ2) is 6.25. The number of likely N-dealkylation sites (N-methyl/N-ethyl adjacent to an activating group) is 2. The first-order valence-corrected chi connectivity index (χ1v) is 7.91. The summed E-state index contributed by atoms with van der Waals surface area (Å²) in [5.41, 5.74) is 3.10.